The first-order chi connectivity index (χ1) is 8.65. The summed E-state index contributed by atoms with van der Waals surface area (Å²) in [6.45, 7) is 11.9. The molecule has 2 atom stereocenters. The van der Waals surface area contributed by atoms with Crippen molar-refractivity contribution in [3.63, 3.8) is 0 Å². The third kappa shape index (κ3) is 9.33. The third-order valence-electron chi connectivity index (χ3n) is 2.44. The number of ether oxygens (including phenoxy) is 2. The van der Waals surface area contributed by atoms with Crippen LogP contribution in [-0.2, 0) is 14.3 Å². The molecule has 19 heavy (non-hydrogen) atoms. The summed E-state index contributed by atoms with van der Waals surface area (Å²) in [5.74, 6) is -0.158. The van der Waals surface area contributed by atoms with Crippen molar-refractivity contribution in [3.8, 4) is 0 Å². The Kier molecular flexibility index (Phi) is 7.49. The number of carbonyl (C=O) groups is 2. The maximum absolute atomic E-state index is 11.5. The number of alkyl carbamates (subject to hydrolysis) is 1. The number of amides is 1. The van der Waals surface area contributed by atoms with Crippen molar-refractivity contribution in [1.82, 2.24) is 5.32 Å². The minimum absolute atomic E-state index is 0.157. The van der Waals surface area contributed by atoms with Crippen LogP contribution < -0.4 is 5.32 Å². The highest BCUT2D eigenvalue weighted by atomic mass is 16.6. The van der Waals surface area contributed by atoms with E-state index in [0.717, 1.165) is 0 Å². The van der Waals surface area contributed by atoms with Crippen molar-refractivity contribution in [2.24, 2.45) is 11.8 Å². The van der Waals surface area contributed by atoms with Gasteiger partial charge < -0.3 is 14.8 Å². The molecule has 0 spiro atoms. The van der Waals surface area contributed by atoms with Gasteiger partial charge in [0.2, 0.25) is 0 Å². The number of hydrogen-bond acceptors (Lipinski definition) is 4. The van der Waals surface area contributed by atoms with Gasteiger partial charge in [0.25, 0.3) is 0 Å². The molecule has 0 heterocycles. The summed E-state index contributed by atoms with van der Waals surface area (Å²) in [6.07, 6.45) is 0.248. The van der Waals surface area contributed by atoms with Gasteiger partial charge >= 0.3 is 12.1 Å². The summed E-state index contributed by atoms with van der Waals surface area (Å²) in [5, 5.41) is 2.70. The Labute approximate surface area is 116 Å². The van der Waals surface area contributed by atoms with E-state index in [4.69, 9.17) is 9.47 Å². The second-order valence-electron chi connectivity index (χ2n) is 5.88. The van der Waals surface area contributed by atoms with Crippen molar-refractivity contribution >= 4 is 12.1 Å². The highest BCUT2D eigenvalue weighted by Crippen LogP contribution is 2.13. The first kappa shape index (κ1) is 17.7. The summed E-state index contributed by atoms with van der Waals surface area (Å²) in [7, 11) is 0. The molecular weight excluding hydrogens is 246 g/mol. The number of hydrogen-bond donors (Lipinski definition) is 1. The van der Waals surface area contributed by atoms with Crippen LogP contribution in [0.2, 0.25) is 0 Å². The molecule has 0 saturated heterocycles. The predicted molar refractivity (Wildman–Crippen MR) is 73.8 cm³/mol. The Morgan fingerprint density at radius 2 is 1.79 bits per heavy atom. The van der Waals surface area contributed by atoms with Gasteiger partial charge in [-0.05, 0) is 40.0 Å². The molecule has 5 nitrogen and oxygen atoms in total. The average Bonchev–Trinajstić information content (AvgIpc) is 2.24. The molecule has 1 N–H and O–H groups in total. The number of esters is 1. The van der Waals surface area contributed by atoms with Crippen LogP contribution in [0.25, 0.3) is 0 Å². The van der Waals surface area contributed by atoms with Crippen LogP contribution in [0.5, 0.6) is 0 Å². The van der Waals surface area contributed by atoms with Gasteiger partial charge in [0.05, 0.1) is 12.5 Å². The smallest absolute Gasteiger partial charge is 0.407 e. The van der Waals surface area contributed by atoms with Crippen LogP contribution >= 0.6 is 0 Å². The lowest BCUT2D eigenvalue weighted by Gasteiger charge is -2.21. The Balaban J connectivity index is 3.95. The molecule has 0 fully saturated rings. The zero-order chi connectivity index (χ0) is 15.1. The van der Waals surface area contributed by atoms with E-state index in [1.54, 1.807) is 6.92 Å². The highest BCUT2D eigenvalue weighted by Gasteiger charge is 2.19. The summed E-state index contributed by atoms with van der Waals surface area (Å²) in [5.41, 5.74) is -0.494. The Morgan fingerprint density at radius 3 is 2.26 bits per heavy atom. The van der Waals surface area contributed by atoms with Crippen molar-refractivity contribution in [3.05, 3.63) is 0 Å². The van der Waals surface area contributed by atoms with Gasteiger partial charge in [0, 0.05) is 6.54 Å². The number of carbonyl (C=O) groups excluding carboxylic acids is 2. The van der Waals surface area contributed by atoms with E-state index < -0.39 is 11.7 Å². The van der Waals surface area contributed by atoms with E-state index in [1.807, 2.05) is 34.6 Å². The molecule has 0 saturated carbocycles. The second-order valence-corrected chi connectivity index (χ2v) is 5.88. The first-order valence-corrected chi connectivity index (χ1v) is 6.79. The van der Waals surface area contributed by atoms with Crippen molar-refractivity contribution in [2.75, 3.05) is 13.2 Å². The monoisotopic (exact) mass is 273 g/mol. The van der Waals surface area contributed by atoms with Crippen LogP contribution in [0.4, 0.5) is 4.79 Å². The lowest BCUT2D eigenvalue weighted by Crippen LogP contribution is -2.35. The summed E-state index contributed by atoms with van der Waals surface area (Å²) < 4.78 is 10.1. The molecule has 0 aromatic heterocycles. The Morgan fingerprint density at radius 1 is 1.21 bits per heavy atom. The molecule has 112 valence electrons. The molecule has 1 amide bonds. The van der Waals surface area contributed by atoms with E-state index in [1.165, 1.54) is 0 Å². The van der Waals surface area contributed by atoms with Gasteiger partial charge in [-0.3, -0.25) is 4.79 Å². The van der Waals surface area contributed by atoms with Crippen LogP contribution in [0.1, 0.15) is 48.0 Å². The minimum atomic E-state index is -0.494. The Hall–Kier alpha value is -1.26. The fourth-order valence-corrected chi connectivity index (χ4v) is 1.64. The minimum Gasteiger partial charge on any atom is -0.466 e. The van der Waals surface area contributed by atoms with Crippen LogP contribution in [0.15, 0.2) is 0 Å². The van der Waals surface area contributed by atoms with Gasteiger partial charge in [0.1, 0.15) is 5.60 Å². The largest absolute Gasteiger partial charge is 0.466 e. The molecule has 0 aromatic carbocycles. The molecule has 0 radical (unpaired) electrons. The van der Waals surface area contributed by atoms with E-state index in [2.05, 4.69) is 5.32 Å². The molecule has 0 aromatic rings. The number of nitrogens with one attached hydrogen (secondary N) is 1. The standard InChI is InChI=1S/C14H27NO4/c1-7-18-12(16)11(3)8-10(2)9-15-13(17)19-14(4,5)6/h10-11H,7-9H2,1-6H3,(H,15,17). The zero-order valence-electron chi connectivity index (χ0n) is 12.9. The van der Waals surface area contributed by atoms with Gasteiger partial charge in [-0.1, -0.05) is 13.8 Å². The normalized spacial score (nSPS) is 14.4. The fraction of sp³-hybridized carbons (Fsp3) is 0.857. The maximum Gasteiger partial charge on any atom is 0.407 e. The van der Waals surface area contributed by atoms with Crippen LogP contribution in [0.3, 0.4) is 0 Å². The quantitative estimate of drug-likeness (QED) is 0.756. The predicted octanol–water partition coefficient (Wildman–Crippen LogP) is 2.74. The summed E-state index contributed by atoms with van der Waals surface area (Å²) in [6, 6.07) is 0. The highest BCUT2D eigenvalue weighted by molar-refractivity contribution is 5.72. The second kappa shape index (κ2) is 8.02. The average molecular weight is 273 g/mol. The van der Waals surface area contributed by atoms with Crippen LogP contribution in [0, 0.1) is 11.8 Å². The van der Waals surface area contributed by atoms with E-state index in [0.29, 0.717) is 19.6 Å². The van der Waals surface area contributed by atoms with Gasteiger partial charge in [-0.25, -0.2) is 4.79 Å². The summed E-state index contributed by atoms with van der Waals surface area (Å²) >= 11 is 0. The lowest BCUT2D eigenvalue weighted by atomic mass is 9.97. The molecule has 0 aliphatic rings. The van der Waals surface area contributed by atoms with Gasteiger partial charge in [-0.2, -0.15) is 0 Å². The molecule has 0 aliphatic carbocycles. The van der Waals surface area contributed by atoms with E-state index >= 15 is 0 Å². The third-order valence-corrected chi connectivity index (χ3v) is 2.44. The van der Waals surface area contributed by atoms with Gasteiger partial charge in [0.15, 0.2) is 0 Å². The topological polar surface area (TPSA) is 64.6 Å². The van der Waals surface area contributed by atoms with E-state index in [-0.39, 0.29) is 17.8 Å². The Bertz CT molecular complexity index is 296. The molecule has 5 heteroatoms. The van der Waals surface area contributed by atoms with Crippen LogP contribution in [-0.4, -0.2) is 30.8 Å². The first-order valence-electron chi connectivity index (χ1n) is 6.79. The fourth-order valence-electron chi connectivity index (χ4n) is 1.64. The number of rotatable bonds is 6. The van der Waals surface area contributed by atoms with Crippen molar-refractivity contribution in [1.29, 1.82) is 0 Å². The maximum atomic E-state index is 11.5. The molecular formula is C14H27NO4. The van der Waals surface area contributed by atoms with E-state index in [9.17, 15) is 9.59 Å². The summed E-state index contributed by atoms with van der Waals surface area (Å²) in [4.78, 5) is 22.9. The zero-order valence-corrected chi connectivity index (χ0v) is 12.9. The molecule has 0 rings (SSSR count). The van der Waals surface area contributed by atoms with Crippen molar-refractivity contribution in [2.45, 2.75) is 53.6 Å². The lowest BCUT2D eigenvalue weighted by molar-refractivity contribution is -0.147. The molecule has 0 aliphatic heterocycles. The van der Waals surface area contributed by atoms with Gasteiger partial charge in [-0.15, -0.1) is 0 Å². The molecule has 0 bridgehead atoms. The SMILES string of the molecule is CCOC(=O)C(C)CC(C)CNC(=O)OC(C)(C)C. The van der Waals surface area contributed by atoms with Crippen molar-refractivity contribution < 1.29 is 19.1 Å². The molecule has 2 unspecified atom stereocenters.